The summed E-state index contributed by atoms with van der Waals surface area (Å²) in [5, 5.41) is 12.2. The first-order valence-electron chi connectivity index (χ1n) is 6.86. The predicted molar refractivity (Wildman–Crippen MR) is 78.2 cm³/mol. The number of nitrogens with two attached hydrogens (primary N) is 1. The zero-order valence-electron chi connectivity index (χ0n) is 11.8. The Labute approximate surface area is 115 Å². The fraction of sp³-hybridized carbons (Fsp3) is 0.533. The normalized spacial score (nSPS) is 12.2. The average molecular weight is 264 g/mol. The number of anilines is 1. The van der Waals surface area contributed by atoms with Crippen molar-refractivity contribution in [2.75, 3.05) is 11.9 Å². The highest BCUT2D eigenvalue weighted by atomic mass is 16.3. The van der Waals surface area contributed by atoms with Gasteiger partial charge in [-0.2, -0.15) is 0 Å². The lowest BCUT2D eigenvalue weighted by molar-refractivity contribution is -0.116. The van der Waals surface area contributed by atoms with Crippen molar-refractivity contribution in [2.45, 2.75) is 39.5 Å². The maximum atomic E-state index is 11.9. The van der Waals surface area contributed by atoms with Crippen LogP contribution in [0.25, 0.3) is 0 Å². The van der Waals surface area contributed by atoms with E-state index in [0.29, 0.717) is 18.9 Å². The SMILES string of the molecule is CCC(CCN)CCC(=O)Nc1ccc(O)cc1C. The lowest BCUT2D eigenvalue weighted by Gasteiger charge is -2.14. The summed E-state index contributed by atoms with van der Waals surface area (Å²) in [4.78, 5) is 11.9. The third-order valence-corrected chi connectivity index (χ3v) is 3.42. The second-order valence-electron chi connectivity index (χ2n) is 4.94. The van der Waals surface area contributed by atoms with E-state index in [2.05, 4.69) is 12.2 Å². The number of aryl methyl sites for hydroxylation is 1. The second kappa shape index (κ2) is 7.79. The first-order valence-corrected chi connectivity index (χ1v) is 6.86. The van der Waals surface area contributed by atoms with Crippen molar-refractivity contribution in [3.63, 3.8) is 0 Å². The molecule has 0 spiro atoms. The van der Waals surface area contributed by atoms with E-state index in [-0.39, 0.29) is 11.7 Å². The Balaban J connectivity index is 2.46. The van der Waals surface area contributed by atoms with Gasteiger partial charge in [-0.25, -0.2) is 0 Å². The van der Waals surface area contributed by atoms with Crippen LogP contribution in [0.4, 0.5) is 5.69 Å². The summed E-state index contributed by atoms with van der Waals surface area (Å²) in [7, 11) is 0. The number of amides is 1. The zero-order valence-corrected chi connectivity index (χ0v) is 11.8. The number of phenols is 1. The Bertz CT molecular complexity index is 419. The predicted octanol–water partition coefficient (Wildman–Crippen LogP) is 2.79. The quantitative estimate of drug-likeness (QED) is 0.663. The highest BCUT2D eigenvalue weighted by Gasteiger charge is 2.10. The Kier molecular flexibility index (Phi) is 6.36. The summed E-state index contributed by atoms with van der Waals surface area (Å²) in [6.45, 7) is 4.66. The number of rotatable bonds is 7. The molecule has 0 aliphatic heterocycles. The summed E-state index contributed by atoms with van der Waals surface area (Å²) < 4.78 is 0. The molecule has 19 heavy (non-hydrogen) atoms. The summed E-state index contributed by atoms with van der Waals surface area (Å²) in [5.41, 5.74) is 7.17. The van der Waals surface area contributed by atoms with E-state index in [1.807, 2.05) is 6.92 Å². The van der Waals surface area contributed by atoms with Gasteiger partial charge in [-0.3, -0.25) is 4.79 Å². The van der Waals surface area contributed by atoms with Crippen molar-refractivity contribution in [1.82, 2.24) is 0 Å². The first-order chi connectivity index (χ1) is 9.06. The molecule has 0 aromatic heterocycles. The van der Waals surface area contributed by atoms with Gasteiger partial charge in [0.1, 0.15) is 5.75 Å². The van der Waals surface area contributed by atoms with E-state index in [4.69, 9.17) is 5.73 Å². The molecule has 1 amide bonds. The Hall–Kier alpha value is -1.55. The van der Waals surface area contributed by atoms with Crippen LogP contribution in [0.15, 0.2) is 18.2 Å². The smallest absolute Gasteiger partial charge is 0.224 e. The van der Waals surface area contributed by atoms with Gasteiger partial charge in [0, 0.05) is 12.1 Å². The van der Waals surface area contributed by atoms with Crippen LogP contribution in [0, 0.1) is 12.8 Å². The molecule has 0 aliphatic rings. The van der Waals surface area contributed by atoms with Gasteiger partial charge in [-0.1, -0.05) is 13.3 Å². The molecule has 0 aliphatic carbocycles. The molecule has 0 fully saturated rings. The van der Waals surface area contributed by atoms with Crippen LogP contribution >= 0.6 is 0 Å². The minimum Gasteiger partial charge on any atom is -0.508 e. The number of phenolic OH excluding ortho intramolecular Hbond substituents is 1. The van der Waals surface area contributed by atoms with Crippen molar-refractivity contribution in [1.29, 1.82) is 0 Å². The van der Waals surface area contributed by atoms with E-state index in [1.165, 1.54) is 0 Å². The van der Waals surface area contributed by atoms with Gasteiger partial charge >= 0.3 is 0 Å². The van der Waals surface area contributed by atoms with Crippen LogP contribution < -0.4 is 11.1 Å². The van der Waals surface area contributed by atoms with Crippen molar-refractivity contribution in [3.05, 3.63) is 23.8 Å². The Morgan fingerprint density at radius 2 is 2.16 bits per heavy atom. The molecular weight excluding hydrogens is 240 g/mol. The summed E-state index contributed by atoms with van der Waals surface area (Å²) in [6.07, 6.45) is 3.42. The monoisotopic (exact) mass is 264 g/mol. The van der Waals surface area contributed by atoms with E-state index in [9.17, 15) is 9.90 Å². The highest BCUT2D eigenvalue weighted by Crippen LogP contribution is 2.21. The molecule has 1 atom stereocenters. The lowest BCUT2D eigenvalue weighted by Crippen LogP contribution is -2.15. The molecule has 1 unspecified atom stereocenters. The molecule has 0 bridgehead atoms. The number of nitrogens with one attached hydrogen (secondary N) is 1. The maximum absolute atomic E-state index is 11.9. The number of carbonyl (C=O) groups is 1. The van der Waals surface area contributed by atoms with Gasteiger partial charge in [-0.05, 0) is 56.0 Å². The molecular formula is C15H24N2O2. The summed E-state index contributed by atoms with van der Waals surface area (Å²) in [5.74, 6) is 0.755. The fourth-order valence-corrected chi connectivity index (χ4v) is 2.12. The third kappa shape index (κ3) is 5.30. The van der Waals surface area contributed by atoms with Crippen molar-refractivity contribution < 1.29 is 9.90 Å². The molecule has 1 aromatic carbocycles. The molecule has 1 aromatic rings. The van der Waals surface area contributed by atoms with E-state index in [0.717, 1.165) is 30.5 Å². The number of benzene rings is 1. The molecule has 4 N–H and O–H groups in total. The van der Waals surface area contributed by atoms with Crippen molar-refractivity contribution >= 4 is 11.6 Å². The number of carbonyl (C=O) groups excluding carboxylic acids is 1. The molecule has 4 nitrogen and oxygen atoms in total. The largest absolute Gasteiger partial charge is 0.508 e. The van der Waals surface area contributed by atoms with Gasteiger partial charge < -0.3 is 16.2 Å². The standard InChI is InChI=1S/C15H24N2O2/c1-3-12(8-9-16)4-7-15(19)17-14-6-5-13(18)10-11(14)2/h5-6,10,12,18H,3-4,7-9,16H2,1-2H3,(H,17,19). The summed E-state index contributed by atoms with van der Waals surface area (Å²) in [6, 6.07) is 4.94. The van der Waals surface area contributed by atoms with E-state index < -0.39 is 0 Å². The number of hydrogen-bond acceptors (Lipinski definition) is 3. The minimum absolute atomic E-state index is 0.0178. The molecule has 106 valence electrons. The molecule has 0 saturated carbocycles. The fourth-order valence-electron chi connectivity index (χ4n) is 2.12. The van der Waals surface area contributed by atoms with Gasteiger partial charge in [0.2, 0.25) is 5.91 Å². The van der Waals surface area contributed by atoms with Gasteiger partial charge in [0.15, 0.2) is 0 Å². The van der Waals surface area contributed by atoms with Crippen LogP contribution in [0.5, 0.6) is 5.75 Å². The lowest BCUT2D eigenvalue weighted by atomic mass is 9.96. The Morgan fingerprint density at radius 3 is 2.74 bits per heavy atom. The zero-order chi connectivity index (χ0) is 14.3. The van der Waals surface area contributed by atoms with Crippen LogP contribution in [-0.4, -0.2) is 17.6 Å². The third-order valence-electron chi connectivity index (χ3n) is 3.42. The van der Waals surface area contributed by atoms with E-state index in [1.54, 1.807) is 18.2 Å². The highest BCUT2D eigenvalue weighted by molar-refractivity contribution is 5.91. The van der Waals surface area contributed by atoms with Crippen LogP contribution in [-0.2, 0) is 4.79 Å². The average Bonchev–Trinajstić information content (AvgIpc) is 2.38. The second-order valence-corrected chi connectivity index (χ2v) is 4.94. The van der Waals surface area contributed by atoms with Crippen LogP contribution in [0.1, 0.15) is 38.2 Å². The van der Waals surface area contributed by atoms with Crippen LogP contribution in [0.3, 0.4) is 0 Å². The van der Waals surface area contributed by atoms with Gasteiger partial charge in [0.05, 0.1) is 0 Å². The van der Waals surface area contributed by atoms with Gasteiger partial charge in [0.25, 0.3) is 0 Å². The minimum atomic E-state index is 0.0178. The molecule has 0 heterocycles. The first kappa shape index (κ1) is 15.5. The maximum Gasteiger partial charge on any atom is 0.224 e. The number of hydrogen-bond donors (Lipinski definition) is 3. The molecule has 0 radical (unpaired) electrons. The molecule has 0 saturated heterocycles. The van der Waals surface area contributed by atoms with E-state index >= 15 is 0 Å². The summed E-state index contributed by atoms with van der Waals surface area (Å²) >= 11 is 0. The molecule has 4 heteroatoms. The molecule has 1 rings (SSSR count). The van der Waals surface area contributed by atoms with Crippen LogP contribution in [0.2, 0.25) is 0 Å². The van der Waals surface area contributed by atoms with Gasteiger partial charge in [-0.15, -0.1) is 0 Å². The number of aromatic hydroxyl groups is 1. The van der Waals surface area contributed by atoms with Crippen molar-refractivity contribution in [2.24, 2.45) is 11.7 Å². The Morgan fingerprint density at radius 1 is 1.42 bits per heavy atom. The topological polar surface area (TPSA) is 75.4 Å². The van der Waals surface area contributed by atoms with Crippen molar-refractivity contribution in [3.8, 4) is 5.75 Å².